The smallest absolute Gasteiger partial charge is 0.417 e. The molecule has 2 rings (SSSR count). The lowest BCUT2D eigenvalue weighted by molar-refractivity contribution is -0.608. The highest BCUT2D eigenvalue weighted by Gasteiger charge is 2.37. The lowest BCUT2D eigenvalue weighted by Gasteiger charge is -2.14. The lowest BCUT2D eigenvalue weighted by atomic mass is 10.1. The van der Waals surface area contributed by atoms with E-state index in [1.807, 2.05) is 0 Å². The Morgan fingerprint density at radius 3 is 2.65 bits per heavy atom. The number of hydrogen-bond donors (Lipinski definition) is 1. The third kappa shape index (κ3) is 3.70. The van der Waals surface area contributed by atoms with Crippen molar-refractivity contribution in [3.63, 3.8) is 0 Å². The van der Waals surface area contributed by atoms with Crippen molar-refractivity contribution >= 4 is 39.1 Å². The highest BCUT2D eigenvalue weighted by Crippen LogP contribution is 2.39. The molecule has 0 saturated carbocycles. The highest BCUT2D eigenvalue weighted by molar-refractivity contribution is 9.10. The second kappa shape index (κ2) is 6.28. The molecule has 0 aliphatic rings. The topological polar surface area (TPSA) is 68.9 Å². The fourth-order valence-electron chi connectivity index (χ4n) is 1.65. The van der Waals surface area contributed by atoms with Crippen molar-refractivity contribution in [2.45, 2.75) is 6.18 Å². The number of amides is 1. The molecule has 11 heteroatoms. The summed E-state index contributed by atoms with van der Waals surface area (Å²) in [6.07, 6.45) is -1.94. The van der Waals surface area contributed by atoms with Crippen molar-refractivity contribution in [3.05, 3.63) is 56.4 Å². The van der Waals surface area contributed by atoms with E-state index in [2.05, 4.69) is 26.2 Å². The number of carbonyl (C=O) groups excluding carboxylic acids is 1. The molecule has 23 heavy (non-hydrogen) atoms. The summed E-state index contributed by atoms with van der Waals surface area (Å²) >= 11 is 8.08. The van der Waals surface area contributed by atoms with Gasteiger partial charge in [-0.05, 0) is 22.0 Å². The van der Waals surface area contributed by atoms with Gasteiger partial charge in [0.25, 0.3) is 12.2 Å². The molecule has 1 aromatic carbocycles. The normalized spacial score (nSPS) is 11.4. The van der Waals surface area contributed by atoms with Crippen LogP contribution < -0.4 is 10.0 Å². The predicted octanol–water partition coefficient (Wildman–Crippen LogP) is 3.54. The summed E-state index contributed by atoms with van der Waals surface area (Å²) in [5.41, 5.74) is -2.22. The molecule has 0 spiro atoms. The van der Waals surface area contributed by atoms with Crippen LogP contribution in [0.5, 0.6) is 0 Å². The van der Waals surface area contributed by atoms with Crippen LogP contribution in [-0.4, -0.2) is 10.9 Å². The summed E-state index contributed by atoms with van der Waals surface area (Å²) in [4.78, 5) is 15.5. The van der Waals surface area contributed by atoms with Gasteiger partial charge in [0.15, 0.2) is 12.0 Å². The first kappa shape index (κ1) is 17.4. The van der Waals surface area contributed by atoms with Crippen molar-refractivity contribution in [2.75, 3.05) is 5.32 Å². The molecule has 0 saturated heterocycles. The molecule has 0 aliphatic heterocycles. The minimum atomic E-state index is -4.88. The SMILES string of the molecule is O=C(Nc1cnc[n+]([O-])c1)c1c(Br)cc(C(F)(F)F)c(Cl)c1F. The number of nitrogens with zero attached hydrogens (tertiary/aromatic N) is 2. The standard InChI is InChI=1S/C12H5BrClF4N3O2/c13-7-1-6(12(16,17)18)9(14)10(15)8(7)11(22)20-5-2-19-4-21(23)3-5/h1-4H,(H,20,22). The number of carbonyl (C=O) groups is 1. The third-order valence-corrected chi connectivity index (χ3v) is 3.60. The van der Waals surface area contributed by atoms with E-state index >= 15 is 0 Å². The Hall–Kier alpha value is -1.94. The zero-order chi connectivity index (χ0) is 17.4. The number of anilines is 1. The van der Waals surface area contributed by atoms with E-state index in [0.717, 1.165) is 18.7 Å². The van der Waals surface area contributed by atoms with Gasteiger partial charge in [0, 0.05) is 4.47 Å². The van der Waals surface area contributed by atoms with E-state index in [4.69, 9.17) is 11.6 Å². The van der Waals surface area contributed by atoms with Crippen LogP contribution >= 0.6 is 27.5 Å². The molecule has 122 valence electrons. The van der Waals surface area contributed by atoms with Crippen molar-refractivity contribution in [3.8, 4) is 0 Å². The molecule has 1 N–H and O–H groups in total. The van der Waals surface area contributed by atoms with Gasteiger partial charge in [-0.3, -0.25) is 4.79 Å². The number of alkyl halides is 3. The minimum absolute atomic E-state index is 0.0742. The predicted molar refractivity (Wildman–Crippen MR) is 75.3 cm³/mol. The molecule has 0 fully saturated rings. The highest BCUT2D eigenvalue weighted by atomic mass is 79.9. The van der Waals surface area contributed by atoms with Gasteiger partial charge < -0.3 is 10.5 Å². The van der Waals surface area contributed by atoms with Crippen molar-refractivity contribution in [1.29, 1.82) is 0 Å². The molecule has 1 aromatic heterocycles. The van der Waals surface area contributed by atoms with Crippen LogP contribution in [0.25, 0.3) is 0 Å². The van der Waals surface area contributed by atoms with Gasteiger partial charge in [-0.1, -0.05) is 16.6 Å². The summed E-state index contributed by atoms with van der Waals surface area (Å²) in [5.74, 6) is -2.64. The quantitative estimate of drug-likeness (QED) is 0.354. The summed E-state index contributed by atoms with van der Waals surface area (Å²) in [5, 5.41) is 11.9. The van der Waals surface area contributed by atoms with Crippen LogP contribution in [-0.2, 0) is 6.18 Å². The summed E-state index contributed by atoms with van der Waals surface area (Å²) in [7, 11) is 0. The molecule has 0 atom stereocenters. The zero-order valence-electron chi connectivity index (χ0n) is 10.8. The summed E-state index contributed by atoms with van der Waals surface area (Å²) < 4.78 is 52.1. The molecular formula is C12H5BrClF4N3O2. The van der Waals surface area contributed by atoms with Gasteiger partial charge in [0.1, 0.15) is 11.9 Å². The maximum atomic E-state index is 14.1. The van der Waals surface area contributed by atoms with Gasteiger partial charge in [-0.2, -0.15) is 13.2 Å². The van der Waals surface area contributed by atoms with Crippen LogP contribution in [0.4, 0.5) is 23.2 Å². The Kier molecular flexibility index (Phi) is 4.76. The third-order valence-electron chi connectivity index (χ3n) is 2.61. The van der Waals surface area contributed by atoms with Gasteiger partial charge in [-0.25, -0.2) is 9.12 Å². The van der Waals surface area contributed by atoms with Gasteiger partial charge >= 0.3 is 6.18 Å². The van der Waals surface area contributed by atoms with Crippen LogP contribution in [0.1, 0.15) is 15.9 Å². The number of aromatic nitrogens is 2. The number of halogens is 6. The average molecular weight is 415 g/mol. The van der Waals surface area contributed by atoms with E-state index in [1.54, 1.807) is 0 Å². The Labute approximate surface area is 139 Å². The van der Waals surface area contributed by atoms with Crippen LogP contribution in [0, 0.1) is 11.0 Å². The number of hydrogen-bond acceptors (Lipinski definition) is 3. The Bertz CT molecular complexity index is 786. The molecule has 2 aromatic rings. The van der Waals surface area contributed by atoms with Gasteiger partial charge in [0.2, 0.25) is 0 Å². The maximum absolute atomic E-state index is 14.1. The van der Waals surface area contributed by atoms with E-state index < -0.39 is 38.5 Å². The molecule has 1 amide bonds. The number of nitrogens with one attached hydrogen (secondary N) is 1. The lowest BCUT2D eigenvalue weighted by Crippen LogP contribution is -2.27. The Balaban J connectivity index is 2.44. The maximum Gasteiger partial charge on any atom is 0.417 e. The van der Waals surface area contributed by atoms with Crippen molar-refractivity contribution in [1.82, 2.24) is 4.98 Å². The molecule has 0 aliphatic carbocycles. The van der Waals surface area contributed by atoms with E-state index in [1.165, 1.54) is 0 Å². The average Bonchev–Trinajstić information content (AvgIpc) is 2.41. The van der Waals surface area contributed by atoms with E-state index in [9.17, 15) is 27.6 Å². The molecule has 0 radical (unpaired) electrons. The first-order chi connectivity index (χ1) is 10.6. The Morgan fingerprint density at radius 1 is 1.43 bits per heavy atom. The van der Waals surface area contributed by atoms with Crippen LogP contribution in [0.3, 0.4) is 0 Å². The fraction of sp³-hybridized carbons (Fsp3) is 0.0833. The monoisotopic (exact) mass is 413 g/mol. The van der Waals surface area contributed by atoms with E-state index in [-0.39, 0.29) is 10.4 Å². The van der Waals surface area contributed by atoms with Crippen molar-refractivity contribution in [2.24, 2.45) is 0 Å². The molecule has 5 nitrogen and oxygen atoms in total. The second-order valence-electron chi connectivity index (χ2n) is 4.20. The molecule has 0 unspecified atom stereocenters. The van der Waals surface area contributed by atoms with Crippen LogP contribution in [0.2, 0.25) is 5.02 Å². The van der Waals surface area contributed by atoms with Gasteiger partial charge in [-0.15, -0.1) is 0 Å². The minimum Gasteiger partial charge on any atom is -0.711 e. The van der Waals surface area contributed by atoms with Gasteiger partial charge in [0.05, 0.1) is 16.1 Å². The number of rotatable bonds is 2. The molecule has 1 heterocycles. The Morgan fingerprint density at radius 2 is 2.09 bits per heavy atom. The molecular weight excluding hydrogens is 410 g/mol. The summed E-state index contributed by atoms with van der Waals surface area (Å²) in [6, 6.07) is 0.497. The van der Waals surface area contributed by atoms with Crippen molar-refractivity contribution < 1.29 is 27.1 Å². The molecule has 0 bridgehead atoms. The number of benzene rings is 1. The first-order valence-electron chi connectivity index (χ1n) is 5.71. The van der Waals surface area contributed by atoms with Crippen LogP contribution in [0.15, 0.2) is 29.3 Å². The largest absolute Gasteiger partial charge is 0.711 e. The second-order valence-corrected chi connectivity index (χ2v) is 5.43. The first-order valence-corrected chi connectivity index (χ1v) is 6.88. The summed E-state index contributed by atoms with van der Waals surface area (Å²) in [6.45, 7) is 0. The van der Waals surface area contributed by atoms with E-state index in [0.29, 0.717) is 6.07 Å². The zero-order valence-corrected chi connectivity index (χ0v) is 13.1. The fourth-order valence-corrected chi connectivity index (χ4v) is 2.49.